The lowest BCUT2D eigenvalue weighted by molar-refractivity contribution is -0.154. The van der Waals surface area contributed by atoms with E-state index in [4.69, 9.17) is 4.74 Å². The number of carbonyl (C=O) groups is 1. The largest absolute Gasteiger partial charge is 0.464 e. The van der Waals surface area contributed by atoms with E-state index in [0.717, 1.165) is 19.4 Å². The molecule has 0 aromatic heterocycles. The van der Waals surface area contributed by atoms with Gasteiger partial charge in [0, 0.05) is 6.54 Å². The van der Waals surface area contributed by atoms with E-state index >= 15 is 0 Å². The monoisotopic (exact) mass is 291 g/mol. The molecule has 0 radical (unpaired) electrons. The summed E-state index contributed by atoms with van der Waals surface area (Å²) in [6.45, 7) is 7.35. The Balaban J connectivity index is 2.62. The molecule has 1 aromatic carbocycles. The molecule has 0 aliphatic heterocycles. The summed E-state index contributed by atoms with van der Waals surface area (Å²) in [7, 11) is 3.95. The maximum atomic E-state index is 12.3. The molecule has 3 nitrogen and oxygen atoms in total. The third kappa shape index (κ3) is 5.88. The van der Waals surface area contributed by atoms with E-state index in [1.165, 1.54) is 5.56 Å². The number of rotatable bonds is 8. The molecule has 3 heteroatoms. The summed E-state index contributed by atoms with van der Waals surface area (Å²) in [5, 5.41) is 0. The van der Waals surface area contributed by atoms with Gasteiger partial charge in [0.25, 0.3) is 0 Å². The highest BCUT2D eigenvalue weighted by atomic mass is 16.5. The molecule has 1 rings (SSSR count). The van der Waals surface area contributed by atoms with Crippen LogP contribution in [0.3, 0.4) is 0 Å². The molecule has 0 N–H and O–H groups in total. The van der Waals surface area contributed by atoms with Crippen LogP contribution in [-0.4, -0.2) is 38.1 Å². The zero-order chi connectivity index (χ0) is 15.9. The van der Waals surface area contributed by atoms with Gasteiger partial charge in [0.05, 0.1) is 5.41 Å². The molecule has 0 heterocycles. The smallest absolute Gasteiger partial charge is 0.311 e. The number of hydrogen-bond donors (Lipinski definition) is 0. The molecule has 0 fully saturated rings. The predicted octanol–water partition coefficient (Wildman–Crippen LogP) is 3.70. The zero-order valence-electron chi connectivity index (χ0n) is 14.1. The van der Waals surface area contributed by atoms with E-state index in [1.54, 1.807) is 0 Å². The van der Waals surface area contributed by atoms with Crippen molar-refractivity contribution in [1.82, 2.24) is 4.90 Å². The number of likely N-dealkylation sites (N-methyl/N-ethyl adjacent to an activating group) is 1. The van der Waals surface area contributed by atoms with Gasteiger partial charge in [-0.15, -0.1) is 0 Å². The third-order valence-electron chi connectivity index (χ3n) is 3.84. The zero-order valence-corrected chi connectivity index (χ0v) is 14.1. The van der Waals surface area contributed by atoms with Crippen LogP contribution >= 0.6 is 0 Å². The Kier molecular flexibility index (Phi) is 6.90. The van der Waals surface area contributed by atoms with Gasteiger partial charge >= 0.3 is 5.97 Å². The molecule has 118 valence electrons. The Hall–Kier alpha value is -1.35. The summed E-state index contributed by atoms with van der Waals surface area (Å²) in [6, 6.07) is 10.4. The fraction of sp³-hybridized carbons (Fsp3) is 0.611. The van der Waals surface area contributed by atoms with Crippen LogP contribution in [0.15, 0.2) is 30.3 Å². The minimum atomic E-state index is -0.456. The molecule has 21 heavy (non-hydrogen) atoms. The quantitative estimate of drug-likeness (QED) is 0.684. The van der Waals surface area contributed by atoms with Gasteiger partial charge in [-0.3, -0.25) is 4.79 Å². The van der Waals surface area contributed by atoms with E-state index in [0.29, 0.717) is 12.5 Å². The number of hydrogen-bond acceptors (Lipinski definition) is 3. The number of benzene rings is 1. The van der Waals surface area contributed by atoms with Gasteiger partial charge in [-0.2, -0.15) is 0 Å². The molecule has 1 aromatic rings. The summed E-state index contributed by atoms with van der Waals surface area (Å²) in [5.41, 5.74) is 0.845. The van der Waals surface area contributed by atoms with Crippen molar-refractivity contribution in [2.24, 2.45) is 5.41 Å². The number of ether oxygens (including phenoxy) is 1. The van der Waals surface area contributed by atoms with Crippen LogP contribution in [-0.2, 0) is 9.53 Å². The summed E-state index contributed by atoms with van der Waals surface area (Å²) in [6.07, 6.45) is 1.84. The first-order chi connectivity index (χ1) is 9.86. The van der Waals surface area contributed by atoms with E-state index in [2.05, 4.69) is 31.2 Å². The van der Waals surface area contributed by atoms with E-state index in [1.807, 2.05) is 38.9 Å². The van der Waals surface area contributed by atoms with Crippen molar-refractivity contribution < 1.29 is 9.53 Å². The van der Waals surface area contributed by atoms with Crippen LogP contribution in [0.1, 0.15) is 45.1 Å². The number of esters is 1. The lowest BCUT2D eigenvalue weighted by Crippen LogP contribution is -2.31. The van der Waals surface area contributed by atoms with Gasteiger partial charge < -0.3 is 9.64 Å². The van der Waals surface area contributed by atoms with Crippen LogP contribution in [0.25, 0.3) is 0 Å². The highest BCUT2D eigenvalue weighted by Gasteiger charge is 2.32. The second-order valence-electron chi connectivity index (χ2n) is 6.54. The SMILES string of the molecule is CCC(CC(C)(C)C(=O)OCCN(C)C)c1ccccc1. The highest BCUT2D eigenvalue weighted by molar-refractivity contribution is 5.76. The lowest BCUT2D eigenvalue weighted by Gasteiger charge is -2.28. The van der Waals surface area contributed by atoms with Crippen molar-refractivity contribution in [1.29, 1.82) is 0 Å². The van der Waals surface area contributed by atoms with Crippen molar-refractivity contribution in [2.45, 2.75) is 39.5 Å². The van der Waals surface area contributed by atoms with E-state index in [9.17, 15) is 4.79 Å². The summed E-state index contributed by atoms with van der Waals surface area (Å²) in [5.74, 6) is 0.293. The molecule has 0 saturated carbocycles. The maximum absolute atomic E-state index is 12.3. The molecule has 0 spiro atoms. The highest BCUT2D eigenvalue weighted by Crippen LogP contribution is 2.34. The number of nitrogens with zero attached hydrogens (tertiary/aromatic N) is 1. The maximum Gasteiger partial charge on any atom is 0.311 e. The van der Waals surface area contributed by atoms with Gasteiger partial charge in [-0.25, -0.2) is 0 Å². The van der Waals surface area contributed by atoms with Gasteiger partial charge in [-0.05, 0) is 52.3 Å². The standard InChI is InChI=1S/C18H29NO2/c1-6-15(16-10-8-7-9-11-16)14-18(2,3)17(20)21-13-12-19(4)5/h7-11,15H,6,12-14H2,1-5H3. The molecular formula is C18H29NO2. The first-order valence-electron chi connectivity index (χ1n) is 7.73. The van der Waals surface area contributed by atoms with E-state index in [-0.39, 0.29) is 5.97 Å². The molecule has 0 aliphatic carbocycles. The Morgan fingerprint density at radius 1 is 1.24 bits per heavy atom. The summed E-state index contributed by atoms with van der Waals surface area (Å²) >= 11 is 0. The summed E-state index contributed by atoms with van der Waals surface area (Å²) < 4.78 is 5.42. The molecule has 0 saturated heterocycles. The minimum absolute atomic E-state index is 0.0984. The first kappa shape index (κ1) is 17.7. The Bertz CT molecular complexity index is 426. The van der Waals surface area contributed by atoms with Crippen molar-refractivity contribution in [2.75, 3.05) is 27.2 Å². The molecule has 0 amide bonds. The average Bonchev–Trinajstić information content (AvgIpc) is 2.45. The van der Waals surface area contributed by atoms with Crippen LogP contribution in [0.5, 0.6) is 0 Å². The topological polar surface area (TPSA) is 29.5 Å². The predicted molar refractivity (Wildman–Crippen MR) is 87.4 cm³/mol. The number of carbonyl (C=O) groups excluding carboxylic acids is 1. The van der Waals surface area contributed by atoms with E-state index < -0.39 is 5.41 Å². The van der Waals surface area contributed by atoms with Gasteiger partial charge in [0.2, 0.25) is 0 Å². The van der Waals surface area contributed by atoms with Crippen molar-refractivity contribution in [3.8, 4) is 0 Å². The van der Waals surface area contributed by atoms with Gasteiger partial charge in [0.1, 0.15) is 6.61 Å². The minimum Gasteiger partial charge on any atom is -0.464 e. The van der Waals surface area contributed by atoms with Crippen molar-refractivity contribution in [3.63, 3.8) is 0 Å². The van der Waals surface area contributed by atoms with Crippen LogP contribution in [0.4, 0.5) is 0 Å². The fourth-order valence-corrected chi connectivity index (χ4v) is 2.44. The van der Waals surface area contributed by atoms with Gasteiger partial charge in [0.15, 0.2) is 0 Å². The van der Waals surface area contributed by atoms with Crippen LogP contribution in [0.2, 0.25) is 0 Å². The van der Waals surface area contributed by atoms with Gasteiger partial charge in [-0.1, -0.05) is 37.3 Å². The van der Waals surface area contributed by atoms with Crippen molar-refractivity contribution in [3.05, 3.63) is 35.9 Å². The Morgan fingerprint density at radius 2 is 1.86 bits per heavy atom. The summed E-state index contributed by atoms with van der Waals surface area (Å²) in [4.78, 5) is 14.3. The Labute approximate surface area is 129 Å². The van der Waals surface area contributed by atoms with Crippen LogP contribution in [0, 0.1) is 5.41 Å². The molecule has 0 aliphatic rings. The molecule has 1 unspecified atom stereocenters. The van der Waals surface area contributed by atoms with Crippen molar-refractivity contribution >= 4 is 5.97 Å². The first-order valence-corrected chi connectivity index (χ1v) is 7.73. The molecule has 0 bridgehead atoms. The fourth-order valence-electron chi connectivity index (χ4n) is 2.44. The Morgan fingerprint density at radius 3 is 2.38 bits per heavy atom. The third-order valence-corrected chi connectivity index (χ3v) is 3.84. The molecule has 1 atom stereocenters. The molecular weight excluding hydrogens is 262 g/mol. The normalized spacial score (nSPS) is 13.2. The average molecular weight is 291 g/mol. The lowest BCUT2D eigenvalue weighted by atomic mass is 9.79. The second kappa shape index (κ2) is 8.18. The van der Waals surface area contributed by atoms with Crippen LogP contribution < -0.4 is 0 Å². The second-order valence-corrected chi connectivity index (χ2v) is 6.54.